The van der Waals surface area contributed by atoms with Crippen molar-refractivity contribution in [3.05, 3.63) is 53.8 Å². The number of thioether (sulfide) groups is 1. The second kappa shape index (κ2) is 7.80. The lowest BCUT2D eigenvalue weighted by atomic mass is 10.2. The Morgan fingerprint density at radius 3 is 2.69 bits per heavy atom. The molecule has 0 atom stereocenters. The molecule has 1 aromatic heterocycles. The van der Waals surface area contributed by atoms with Crippen LogP contribution in [0.25, 0.3) is 10.9 Å². The summed E-state index contributed by atoms with van der Waals surface area (Å²) in [5.74, 6) is -0.522. The average Bonchev–Trinajstić information content (AvgIpc) is 2.61. The van der Waals surface area contributed by atoms with Crippen molar-refractivity contribution in [3.8, 4) is 6.07 Å². The molecule has 0 saturated heterocycles. The van der Waals surface area contributed by atoms with Gasteiger partial charge >= 0.3 is 5.97 Å². The number of carbonyl (C=O) groups is 1. The van der Waals surface area contributed by atoms with Crippen molar-refractivity contribution in [2.75, 3.05) is 11.1 Å². The summed E-state index contributed by atoms with van der Waals surface area (Å²) < 4.78 is 13.6. The normalized spacial score (nSPS) is 10.5. The zero-order chi connectivity index (χ0) is 18.5. The highest BCUT2D eigenvalue weighted by Crippen LogP contribution is 2.28. The molecule has 0 aliphatic carbocycles. The first-order valence-corrected chi connectivity index (χ1v) is 8.63. The quantitative estimate of drug-likeness (QED) is 0.502. The largest absolute Gasteiger partial charge is 0.481 e. The maximum atomic E-state index is 13.6. The predicted molar refractivity (Wildman–Crippen MR) is 96.9 cm³/mol. The van der Waals surface area contributed by atoms with Crippen molar-refractivity contribution < 1.29 is 14.3 Å². The minimum atomic E-state index is -0.903. The Morgan fingerprint density at radius 2 is 2.00 bits per heavy atom. The number of benzene rings is 2. The molecule has 0 aliphatic rings. The number of fused-ring (bicyclic) bond motifs is 1. The van der Waals surface area contributed by atoms with Crippen LogP contribution in [0.1, 0.15) is 12.0 Å². The molecule has 3 aromatic rings. The van der Waals surface area contributed by atoms with Crippen LogP contribution < -0.4 is 5.32 Å². The van der Waals surface area contributed by atoms with Gasteiger partial charge in [0.2, 0.25) is 0 Å². The van der Waals surface area contributed by atoms with Crippen molar-refractivity contribution in [1.29, 1.82) is 5.26 Å². The molecule has 0 bridgehead atoms. The van der Waals surface area contributed by atoms with E-state index < -0.39 is 11.8 Å². The molecule has 0 amide bonds. The molecule has 2 aromatic carbocycles. The van der Waals surface area contributed by atoms with Crippen LogP contribution in [0, 0.1) is 17.1 Å². The topological polar surface area (TPSA) is 98.9 Å². The number of halogens is 1. The molecule has 3 rings (SSSR count). The fourth-order valence-corrected chi connectivity index (χ4v) is 3.01. The fraction of sp³-hybridized carbons (Fsp3) is 0.111. The first-order chi connectivity index (χ1) is 12.5. The molecule has 0 unspecified atom stereocenters. The Balaban J connectivity index is 1.95. The lowest BCUT2D eigenvalue weighted by Gasteiger charge is -2.11. The van der Waals surface area contributed by atoms with Crippen LogP contribution in [0.2, 0.25) is 0 Å². The highest BCUT2D eigenvalue weighted by atomic mass is 32.2. The number of aromatic nitrogens is 2. The van der Waals surface area contributed by atoms with E-state index in [9.17, 15) is 9.18 Å². The Morgan fingerprint density at radius 1 is 1.23 bits per heavy atom. The molecule has 0 fully saturated rings. The molecule has 8 heteroatoms. The van der Waals surface area contributed by atoms with Gasteiger partial charge in [0.05, 0.1) is 23.6 Å². The van der Waals surface area contributed by atoms with E-state index in [1.165, 1.54) is 23.9 Å². The Labute approximate surface area is 152 Å². The third kappa shape index (κ3) is 4.26. The average molecular weight is 368 g/mol. The van der Waals surface area contributed by atoms with Crippen molar-refractivity contribution in [2.45, 2.75) is 11.6 Å². The van der Waals surface area contributed by atoms with Gasteiger partial charge in [0.25, 0.3) is 0 Å². The number of nitriles is 1. The van der Waals surface area contributed by atoms with Crippen LogP contribution in [-0.2, 0) is 4.79 Å². The molecular weight excluding hydrogens is 355 g/mol. The number of rotatable bonds is 6. The molecule has 0 spiro atoms. The summed E-state index contributed by atoms with van der Waals surface area (Å²) in [5.41, 5.74) is 1.68. The van der Waals surface area contributed by atoms with E-state index in [1.54, 1.807) is 30.3 Å². The summed E-state index contributed by atoms with van der Waals surface area (Å²) in [5, 5.41) is 21.8. The highest BCUT2D eigenvalue weighted by Gasteiger charge is 2.10. The van der Waals surface area contributed by atoms with Gasteiger partial charge in [-0.3, -0.25) is 4.79 Å². The smallest absolute Gasteiger partial charge is 0.304 e. The van der Waals surface area contributed by atoms with Gasteiger partial charge in [-0.2, -0.15) is 5.26 Å². The highest BCUT2D eigenvalue weighted by molar-refractivity contribution is 7.99. The number of carboxylic acid groups (broad SMARTS) is 1. The van der Waals surface area contributed by atoms with Crippen molar-refractivity contribution in [3.63, 3.8) is 0 Å². The molecule has 0 aliphatic heterocycles. The Hall–Kier alpha value is -3.18. The number of hydrogen-bond donors (Lipinski definition) is 2. The van der Waals surface area contributed by atoms with E-state index in [0.29, 0.717) is 33.2 Å². The zero-order valence-corrected chi connectivity index (χ0v) is 14.3. The summed E-state index contributed by atoms with van der Waals surface area (Å²) >= 11 is 1.19. The van der Waals surface area contributed by atoms with Crippen LogP contribution in [-0.4, -0.2) is 26.8 Å². The first-order valence-electron chi connectivity index (χ1n) is 7.64. The molecule has 2 N–H and O–H groups in total. The maximum Gasteiger partial charge on any atom is 0.304 e. The minimum absolute atomic E-state index is 0.0202. The number of aliphatic carboxylic acids is 1. The van der Waals surface area contributed by atoms with Gasteiger partial charge in [-0.1, -0.05) is 11.8 Å². The van der Waals surface area contributed by atoms with Crippen LogP contribution in [0.4, 0.5) is 15.9 Å². The SMILES string of the molecule is N#Cc1ccc(Nc2nc(SCCC(=O)O)nc3cc(F)ccc23)cc1. The van der Waals surface area contributed by atoms with Crippen LogP contribution in [0.3, 0.4) is 0 Å². The summed E-state index contributed by atoms with van der Waals surface area (Å²) in [7, 11) is 0. The Bertz CT molecular complexity index is 1000. The third-order valence-corrected chi connectivity index (χ3v) is 4.31. The summed E-state index contributed by atoms with van der Waals surface area (Å²) in [6.07, 6.45) is -0.0202. The Kier molecular flexibility index (Phi) is 5.29. The second-order valence-electron chi connectivity index (χ2n) is 5.32. The standard InChI is InChI=1S/C18H13FN4O2S/c19-12-3-6-14-15(9-12)22-18(26-8-7-16(24)25)23-17(14)21-13-4-1-11(10-20)2-5-13/h1-6,9H,7-8H2,(H,24,25)(H,21,22,23). The monoisotopic (exact) mass is 368 g/mol. The molecule has 0 radical (unpaired) electrons. The van der Waals surface area contributed by atoms with Gasteiger partial charge in [-0.05, 0) is 36.4 Å². The van der Waals surface area contributed by atoms with Gasteiger partial charge in [0, 0.05) is 22.9 Å². The summed E-state index contributed by atoms with van der Waals surface area (Å²) in [4.78, 5) is 19.4. The van der Waals surface area contributed by atoms with Crippen LogP contribution >= 0.6 is 11.8 Å². The number of hydrogen-bond acceptors (Lipinski definition) is 6. The van der Waals surface area contributed by atoms with E-state index in [1.807, 2.05) is 6.07 Å². The second-order valence-corrected chi connectivity index (χ2v) is 6.38. The van der Waals surface area contributed by atoms with Crippen LogP contribution in [0.5, 0.6) is 0 Å². The predicted octanol–water partition coefficient (Wildman–Crippen LogP) is 3.95. The zero-order valence-electron chi connectivity index (χ0n) is 13.4. The molecule has 6 nitrogen and oxygen atoms in total. The van der Waals surface area contributed by atoms with E-state index in [4.69, 9.17) is 10.4 Å². The van der Waals surface area contributed by atoms with Gasteiger partial charge in [0.15, 0.2) is 5.16 Å². The number of nitrogens with one attached hydrogen (secondary N) is 1. The van der Waals surface area contributed by atoms with E-state index in [-0.39, 0.29) is 6.42 Å². The lowest BCUT2D eigenvalue weighted by Crippen LogP contribution is -2.01. The molecule has 130 valence electrons. The number of anilines is 2. The summed E-state index contributed by atoms with van der Waals surface area (Å²) in [6.45, 7) is 0. The summed E-state index contributed by atoms with van der Waals surface area (Å²) in [6, 6.07) is 13.1. The maximum absolute atomic E-state index is 13.6. The van der Waals surface area contributed by atoms with Crippen molar-refractivity contribution >= 4 is 40.1 Å². The van der Waals surface area contributed by atoms with Crippen LogP contribution in [0.15, 0.2) is 47.6 Å². The number of carboxylic acids is 1. The van der Waals surface area contributed by atoms with E-state index in [0.717, 1.165) is 5.69 Å². The van der Waals surface area contributed by atoms with E-state index in [2.05, 4.69) is 15.3 Å². The molecular formula is C18H13FN4O2S. The van der Waals surface area contributed by atoms with Gasteiger partial charge in [-0.25, -0.2) is 14.4 Å². The minimum Gasteiger partial charge on any atom is -0.481 e. The molecule has 0 saturated carbocycles. The van der Waals surface area contributed by atoms with Crippen molar-refractivity contribution in [2.24, 2.45) is 0 Å². The fourth-order valence-electron chi connectivity index (χ4n) is 2.24. The van der Waals surface area contributed by atoms with E-state index >= 15 is 0 Å². The first kappa shape index (κ1) is 17.6. The lowest BCUT2D eigenvalue weighted by molar-refractivity contribution is -0.136. The third-order valence-electron chi connectivity index (χ3n) is 3.46. The van der Waals surface area contributed by atoms with Gasteiger partial charge in [-0.15, -0.1) is 0 Å². The molecule has 1 heterocycles. The van der Waals surface area contributed by atoms with Crippen molar-refractivity contribution in [1.82, 2.24) is 9.97 Å². The van der Waals surface area contributed by atoms with Gasteiger partial charge in [0.1, 0.15) is 11.6 Å². The molecule has 26 heavy (non-hydrogen) atoms. The van der Waals surface area contributed by atoms with Gasteiger partial charge < -0.3 is 10.4 Å². The number of nitrogens with zero attached hydrogens (tertiary/aromatic N) is 3.